The molecule has 0 aliphatic carbocycles. The maximum Gasteiger partial charge on any atom is 0.407 e. The second kappa shape index (κ2) is 8.48. The number of benzene rings is 1. The number of hydrogen-bond acceptors (Lipinski definition) is 3. The van der Waals surface area contributed by atoms with E-state index in [1.54, 1.807) is 0 Å². The van der Waals surface area contributed by atoms with Crippen LogP contribution in [0, 0.1) is 5.92 Å². The van der Waals surface area contributed by atoms with E-state index >= 15 is 0 Å². The standard InChI is InChI=1S/C20H28ClN3O3/c1-13(2)24(20(26)27)18-12-23(19(25)15-7-9-22-10-8-15)11-17(18)14-3-5-16(21)6-4-14/h3-6,13,15,17-18,22H,7-12H2,1-2H3,(H,26,27)/t17-,18+/m1/s1. The molecule has 0 spiro atoms. The summed E-state index contributed by atoms with van der Waals surface area (Å²) in [5.41, 5.74) is 1.02. The maximum absolute atomic E-state index is 13.1. The molecule has 0 bridgehead atoms. The van der Waals surface area contributed by atoms with Crippen molar-refractivity contribution in [3.8, 4) is 0 Å². The Bertz CT molecular complexity index is 674. The Hall–Kier alpha value is -1.79. The molecule has 0 unspecified atom stereocenters. The number of likely N-dealkylation sites (tertiary alicyclic amines) is 1. The minimum absolute atomic E-state index is 0.0354. The zero-order valence-electron chi connectivity index (χ0n) is 15.9. The van der Waals surface area contributed by atoms with E-state index in [0.29, 0.717) is 18.1 Å². The van der Waals surface area contributed by atoms with Crippen LogP contribution in [0.25, 0.3) is 0 Å². The van der Waals surface area contributed by atoms with Crippen LogP contribution in [0.1, 0.15) is 38.2 Å². The van der Waals surface area contributed by atoms with Gasteiger partial charge in [-0.15, -0.1) is 0 Å². The monoisotopic (exact) mass is 393 g/mol. The molecule has 27 heavy (non-hydrogen) atoms. The van der Waals surface area contributed by atoms with Crippen molar-refractivity contribution in [1.29, 1.82) is 0 Å². The molecule has 0 saturated carbocycles. The van der Waals surface area contributed by atoms with E-state index in [4.69, 9.17) is 11.6 Å². The molecule has 2 saturated heterocycles. The number of hydrogen-bond donors (Lipinski definition) is 2. The maximum atomic E-state index is 13.1. The number of carbonyl (C=O) groups is 2. The first-order valence-electron chi connectivity index (χ1n) is 9.64. The third-order valence-electron chi connectivity index (χ3n) is 5.72. The highest BCUT2D eigenvalue weighted by atomic mass is 35.5. The highest BCUT2D eigenvalue weighted by Crippen LogP contribution is 2.34. The molecule has 1 aromatic rings. The lowest BCUT2D eigenvalue weighted by Gasteiger charge is -2.33. The van der Waals surface area contributed by atoms with Gasteiger partial charge in [0.1, 0.15) is 0 Å². The highest BCUT2D eigenvalue weighted by molar-refractivity contribution is 6.30. The minimum atomic E-state index is -0.940. The zero-order valence-corrected chi connectivity index (χ0v) is 16.7. The lowest BCUT2D eigenvalue weighted by atomic mass is 9.92. The van der Waals surface area contributed by atoms with Gasteiger partial charge in [-0.1, -0.05) is 23.7 Å². The fraction of sp³-hybridized carbons (Fsp3) is 0.600. The summed E-state index contributed by atoms with van der Waals surface area (Å²) in [6.45, 7) is 6.48. The van der Waals surface area contributed by atoms with Gasteiger partial charge in [-0.3, -0.25) is 4.79 Å². The number of carbonyl (C=O) groups excluding carboxylic acids is 1. The smallest absolute Gasteiger partial charge is 0.407 e. The number of nitrogens with one attached hydrogen (secondary N) is 1. The fourth-order valence-electron chi connectivity index (χ4n) is 4.36. The molecule has 0 radical (unpaired) electrons. The summed E-state index contributed by atoms with van der Waals surface area (Å²) >= 11 is 6.02. The average molecular weight is 394 g/mol. The van der Waals surface area contributed by atoms with E-state index < -0.39 is 6.09 Å². The Balaban J connectivity index is 1.86. The first kappa shape index (κ1) is 20.0. The van der Waals surface area contributed by atoms with Gasteiger partial charge in [0.25, 0.3) is 0 Å². The fourth-order valence-corrected chi connectivity index (χ4v) is 4.48. The van der Waals surface area contributed by atoms with Crippen LogP contribution in [0.3, 0.4) is 0 Å². The number of nitrogens with zero attached hydrogens (tertiary/aromatic N) is 2. The zero-order chi connectivity index (χ0) is 19.6. The molecular weight excluding hydrogens is 366 g/mol. The normalized spacial score (nSPS) is 23.6. The van der Waals surface area contributed by atoms with E-state index in [1.807, 2.05) is 43.0 Å². The van der Waals surface area contributed by atoms with Gasteiger partial charge in [0.15, 0.2) is 0 Å². The largest absolute Gasteiger partial charge is 0.465 e. The summed E-state index contributed by atoms with van der Waals surface area (Å²) in [5, 5.41) is 13.7. The van der Waals surface area contributed by atoms with Gasteiger partial charge in [0, 0.05) is 36.0 Å². The number of amides is 2. The van der Waals surface area contributed by atoms with Crippen LogP contribution < -0.4 is 5.32 Å². The predicted octanol–water partition coefficient (Wildman–Crippen LogP) is 3.02. The number of halogens is 1. The van der Waals surface area contributed by atoms with E-state index in [0.717, 1.165) is 31.5 Å². The summed E-state index contributed by atoms with van der Waals surface area (Å²) in [6, 6.07) is 7.13. The molecule has 6 nitrogen and oxygen atoms in total. The molecule has 2 fully saturated rings. The molecule has 2 aliphatic heterocycles. The summed E-state index contributed by atoms with van der Waals surface area (Å²) in [7, 11) is 0. The van der Waals surface area contributed by atoms with Gasteiger partial charge < -0.3 is 20.2 Å². The Morgan fingerprint density at radius 2 is 1.81 bits per heavy atom. The highest BCUT2D eigenvalue weighted by Gasteiger charge is 2.43. The predicted molar refractivity (Wildman–Crippen MR) is 105 cm³/mol. The third-order valence-corrected chi connectivity index (χ3v) is 5.97. The first-order valence-corrected chi connectivity index (χ1v) is 10.0. The Labute approximate surface area is 165 Å². The van der Waals surface area contributed by atoms with Crippen LogP contribution in [-0.4, -0.2) is 65.2 Å². The van der Waals surface area contributed by atoms with Crippen molar-refractivity contribution in [3.05, 3.63) is 34.9 Å². The molecule has 2 aliphatic rings. The molecule has 3 rings (SSSR count). The Morgan fingerprint density at radius 3 is 2.37 bits per heavy atom. The summed E-state index contributed by atoms with van der Waals surface area (Å²) < 4.78 is 0. The molecule has 2 N–H and O–H groups in total. The second-order valence-corrected chi connectivity index (χ2v) is 8.21. The molecule has 2 atom stereocenters. The summed E-state index contributed by atoms with van der Waals surface area (Å²) in [6.07, 6.45) is 0.752. The molecule has 0 aromatic heterocycles. The van der Waals surface area contributed by atoms with Crippen LogP contribution in [0.2, 0.25) is 5.02 Å². The van der Waals surface area contributed by atoms with Crippen LogP contribution in [0.15, 0.2) is 24.3 Å². The number of piperidine rings is 1. The third kappa shape index (κ3) is 4.38. The molecule has 2 heterocycles. The SMILES string of the molecule is CC(C)N(C(=O)O)[C@H]1CN(C(=O)C2CCNCC2)C[C@@H]1c1ccc(Cl)cc1. The average Bonchev–Trinajstić information content (AvgIpc) is 3.06. The van der Waals surface area contributed by atoms with Crippen molar-refractivity contribution in [2.75, 3.05) is 26.2 Å². The van der Waals surface area contributed by atoms with Crippen molar-refractivity contribution < 1.29 is 14.7 Å². The topological polar surface area (TPSA) is 72.9 Å². The van der Waals surface area contributed by atoms with Crippen molar-refractivity contribution in [2.45, 2.75) is 44.7 Å². The van der Waals surface area contributed by atoms with Gasteiger partial charge in [0.2, 0.25) is 5.91 Å². The van der Waals surface area contributed by atoms with E-state index in [2.05, 4.69) is 5.32 Å². The van der Waals surface area contributed by atoms with Crippen LogP contribution in [0.4, 0.5) is 4.79 Å². The van der Waals surface area contributed by atoms with Crippen LogP contribution in [-0.2, 0) is 4.79 Å². The van der Waals surface area contributed by atoms with Crippen molar-refractivity contribution in [2.24, 2.45) is 5.92 Å². The quantitative estimate of drug-likeness (QED) is 0.824. The number of carboxylic acid groups (broad SMARTS) is 1. The molecule has 2 amide bonds. The molecule has 1 aromatic carbocycles. The van der Waals surface area contributed by atoms with Crippen LogP contribution in [0.5, 0.6) is 0 Å². The van der Waals surface area contributed by atoms with E-state index in [-0.39, 0.29) is 29.8 Å². The number of rotatable bonds is 4. The van der Waals surface area contributed by atoms with Crippen molar-refractivity contribution in [1.82, 2.24) is 15.1 Å². The van der Waals surface area contributed by atoms with Gasteiger partial charge in [0.05, 0.1) is 6.04 Å². The van der Waals surface area contributed by atoms with Gasteiger partial charge >= 0.3 is 6.09 Å². The van der Waals surface area contributed by atoms with Crippen LogP contribution >= 0.6 is 11.6 Å². The van der Waals surface area contributed by atoms with E-state index in [9.17, 15) is 14.7 Å². The summed E-state index contributed by atoms with van der Waals surface area (Å²) in [5.74, 6) is 0.145. The Kier molecular flexibility index (Phi) is 6.27. The molecular formula is C20H28ClN3O3. The van der Waals surface area contributed by atoms with Crippen molar-refractivity contribution in [3.63, 3.8) is 0 Å². The first-order chi connectivity index (χ1) is 12.9. The van der Waals surface area contributed by atoms with Gasteiger partial charge in [-0.25, -0.2) is 4.79 Å². The van der Waals surface area contributed by atoms with Gasteiger partial charge in [-0.05, 0) is 57.5 Å². The molecule has 7 heteroatoms. The Morgan fingerprint density at radius 1 is 1.19 bits per heavy atom. The second-order valence-electron chi connectivity index (χ2n) is 7.78. The van der Waals surface area contributed by atoms with Gasteiger partial charge in [-0.2, -0.15) is 0 Å². The minimum Gasteiger partial charge on any atom is -0.465 e. The molecule has 148 valence electrons. The van der Waals surface area contributed by atoms with Crippen molar-refractivity contribution >= 4 is 23.6 Å². The summed E-state index contributed by atoms with van der Waals surface area (Å²) in [4.78, 5) is 28.3. The lowest BCUT2D eigenvalue weighted by molar-refractivity contribution is -0.135. The van der Waals surface area contributed by atoms with E-state index in [1.165, 1.54) is 4.90 Å². The lowest BCUT2D eigenvalue weighted by Crippen LogP contribution is -2.48.